The van der Waals surface area contributed by atoms with Crippen molar-refractivity contribution in [3.05, 3.63) is 43.2 Å². The Labute approximate surface area is 111 Å². The number of esters is 1. The fraction of sp³-hybridized carbons (Fsp3) is 0.400. The summed E-state index contributed by atoms with van der Waals surface area (Å²) in [5.74, 6) is -0.157. The molecule has 1 atom stereocenters. The first-order valence-electron chi connectivity index (χ1n) is 6.63. The van der Waals surface area contributed by atoms with E-state index in [1.54, 1.807) is 0 Å². The Bertz CT molecular complexity index is 362. The highest BCUT2D eigenvalue weighted by molar-refractivity contribution is 6.73. The van der Waals surface area contributed by atoms with Gasteiger partial charge >= 0.3 is 5.97 Å². The van der Waals surface area contributed by atoms with E-state index in [9.17, 15) is 4.79 Å². The SMILES string of the molecule is C=COC(=O)CC[SiH](CCCC)c1ccccc1. The second-order valence-corrected chi connectivity index (χ2v) is 7.66. The van der Waals surface area contributed by atoms with Gasteiger partial charge in [0.15, 0.2) is 0 Å². The highest BCUT2D eigenvalue weighted by Gasteiger charge is 2.15. The third-order valence-electron chi connectivity index (χ3n) is 3.09. The molecule has 0 N–H and O–H groups in total. The number of hydrogen-bond donors (Lipinski definition) is 0. The largest absolute Gasteiger partial charge is 0.435 e. The quantitative estimate of drug-likeness (QED) is 0.409. The molecule has 1 aromatic rings. The zero-order valence-electron chi connectivity index (χ0n) is 11.1. The van der Waals surface area contributed by atoms with Crippen LogP contribution in [0.1, 0.15) is 26.2 Å². The zero-order chi connectivity index (χ0) is 13.2. The van der Waals surface area contributed by atoms with Gasteiger partial charge in [-0.05, 0) is 6.04 Å². The number of unbranched alkanes of at least 4 members (excludes halogenated alkanes) is 1. The Hall–Kier alpha value is -1.35. The van der Waals surface area contributed by atoms with Crippen molar-refractivity contribution in [2.24, 2.45) is 0 Å². The van der Waals surface area contributed by atoms with E-state index in [4.69, 9.17) is 4.74 Å². The molecule has 0 radical (unpaired) electrons. The summed E-state index contributed by atoms with van der Waals surface area (Å²) in [6.07, 6.45) is 4.20. The summed E-state index contributed by atoms with van der Waals surface area (Å²) >= 11 is 0. The van der Waals surface area contributed by atoms with Gasteiger partial charge in [0, 0.05) is 6.42 Å². The molecule has 0 spiro atoms. The van der Waals surface area contributed by atoms with E-state index in [0.29, 0.717) is 6.42 Å². The Morgan fingerprint density at radius 2 is 2.06 bits per heavy atom. The number of benzene rings is 1. The second kappa shape index (κ2) is 8.70. The monoisotopic (exact) mass is 262 g/mol. The highest BCUT2D eigenvalue weighted by atomic mass is 28.3. The van der Waals surface area contributed by atoms with Crippen LogP contribution in [0.2, 0.25) is 12.1 Å². The van der Waals surface area contributed by atoms with E-state index in [1.165, 1.54) is 30.3 Å². The fourth-order valence-corrected chi connectivity index (χ4v) is 5.30. The third kappa shape index (κ3) is 5.32. The molecule has 0 amide bonds. The van der Waals surface area contributed by atoms with Crippen molar-refractivity contribution >= 4 is 20.0 Å². The minimum Gasteiger partial charge on any atom is -0.435 e. The maximum absolute atomic E-state index is 11.4. The smallest absolute Gasteiger partial charge is 0.310 e. The van der Waals surface area contributed by atoms with Crippen LogP contribution < -0.4 is 5.19 Å². The molecule has 2 nitrogen and oxygen atoms in total. The molecule has 0 bridgehead atoms. The van der Waals surface area contributed by atoms with E-state index < -0.39 is 8.80 Å². The Morgan fingerprint density at radius 1 is 1.33 bits per heavy atom. The van der Waals surface area contributed by atoms with Crippen molar-refractivity contribution in [1.29, 1.82) is 0 Å². The lowest BCUT2D eigenvalue weighted by atomic mass is 10.4. The molecule has 0 saturated carbocycles. The molecule has 0 heterocycles. The lowest BCUT2D eigenvalue weighted by Crippen LogP contribution is -2.30. The van der Waals surface area contributed by atoms with Crippen molar-refractivity contribution in [3.8, 4) is 0 Å². The number of hydrogen-bond acceptors (Lipinski definition) is 2. The topological polar surface area (TPSA) is 26.3 Å². The van der Waals surface area contributed by atoms with Crippen molar-refractivity contribution in [2.75, 3.05) is 0 Å². The molecule has 1 rings (SSSR count). The minimum atomic E-state index is -1.03. The Kier molecular flexibility index (Phi) is 7.11. The van der Waals surface area contributed by atoms with Crippen LogP contribution in [0.4, 0.5) is 0 Å². The maximum Gasteiger partial charge on any atom is 0.310 e. The van der Waals surface area contributed by atoms with Crippen LogP contribution in [0.15, 0.2) is 43.2 Å². The van der Waals surface area contributed by atoms with E-state index in [-0.39, 0.29) is 5.97 Å². The van der Waals surface area contributed by atoms with E-state index in [1.807, 2.05) is 6.07 Å². The van der Waals surface area contributed by atoms with Gasteiger partial charge in [0.1, 0.15) is 0 Å². The average Bonchev–Trinajstić information content (AvgIpc) is 2.40. The van der Waals surface area contributed by atoms with Gasteiger partial charge in [0.25, 0.3) is 0 Å². The molecule has 18 heavy (non-hydrogen) atoms. The molecule has 0 aliphatic heterocycles. The molecular formula is C15H22O2Si. The van der Waals surface area contributed by atoms with Gasteiger partial charge in [0.05, 0.1) is 15.1 Å². The predicted molar refractivity (Wildman–Crippen MR) is 78.7 cm³/mol. The first-order valence-corrected chi connectivity index (χ1v) is 8.84. The molecule has 98 valence electrons. The molecule has 0 aliphatic rings. The van der Waals surface area contributed by atoms with Gasteiger partial charge in [-0.2, -0.15) is 0 Å². The van der Waals surface area contributed by atoms with E-state index >= 15 is 0 Å². The number of carbonyl (C=O) groups is 1. The normalized spacial score (nSPS) is 11.8. The molecular weight excluding hydrogens is 240 g/mol. The van der Waals surface area contributed by atoms with Gasteiger partial charge < -0.3 is 4.74 Å². The molecule has 0 fully saturated rings. The molecule has 1 unspecified atom stereocenters. The summed E-state index contributed by atoms with van der Waals surface area (Å²) in [6, 6.07) is 12.9. The van der Waals surface area contributed by atoms with Gasteiger partial charge in [-0.3, -0.25) is 4.79 Å². The van der Waals surface area contributed by atoms with Crippen molar-refractivity contribution in [3.63, 3.8) is 0 Å². The summed E-state index contributed by atoms with van der Waals surface area (Å²) in [6.45, 7) is 5.61. The first-order chi connectivity index (χ1) is 8.77. The first kappa shape index (κ1) is 14.7. The Morgan fingerprint density at radius 3 is 2.67 bits per heavy atom. The predicted octanol–water partition coefficient (Wildman–Crippen LogP) is 3.00. The third-order valence-corrected chi connectivity index (χ3v) is 6.51. The summed E-state index contributed by atoms with van der Waals surface area (Å²) in [5, 5.41) is 1.46. The fourth-order valence-electron chi connectivity index (χ4n) is 2.10. The molecule has 1 aromatic carbocycles. The molecule has 3 heteroatoms. The van der Waals surface area contributed by atoms with Crippen LogP contribution in [0, 0.1) is 0 Å². The number of carbonyl (C=O) groups excluding carboxylic acids is 1. The summed E-state index contributed by atoms with van der Waals surface area (Å²) < 4.78 is 4.78. The number of rotatable bonds is 8. The average molecular weight is 262 g/mol. The van der Waals surface area contributed by atoms with Gasteiger partial charge in [-0.15, -0.1) is 0 Å². The maximum atomic E-state index is 11.4. The lowest BCUT2D eigenvalue weighted by molar-refractivity contribution is -0.137. The van der Waals surface area contributed by atoms with Crippen LogP contribution >= 0.6 is 0 Å². The minimum absolute atomic E-state index is 0.157. The van der Waals surface area contributed by atoms with Crippen LogP contribution in [-0.4, -0.2) is 14.8 Å². The van der Waals surface area contributed by atoms with Crippen molar-refractivity contribution in [1.82, 2.24) is 0 Å². The van der Waals surface area contributed by atoms with Crippen LogP contribution in [0.3, 0.4) is 0 Å². The van der Waals surface area contributed by atoms with E-state index in [2.05, 4.69) is 37.8 Å². The van der Waals surface area contributed by atoms with Crippen molar-refractivity contribution in [2.45, 2.75) is 38.3 Å². The molecule has 0 aromatic heterocycles. The standard InChI is InChI=1S/C15H22O2Si/c1-3-5-12-18(13-11-15(16)17-4-2)14-9-7-6-8-10-14/h4,6-10,18H,2-3,5,11-13H2,1H3. The summed E-state index contributed by atoms with van der Waals surface area (Å²) in [5.41, 5.74) is 0. The van der Waals surface area contributed by atoms with E-state index in [0.717, 1.165) is 6.04 Å². The Balaban J connectivity index is 2.56. The highest BCUT2D eigenvalue weighted by Crippen LogP contribution is 2.09. The second-order valence-electron chi connectivity index (χ2n) is 4.45. The van der Waals surface area contributed by atoms with Crippen molar-refractivity contribution < 1.29 is 9.53 Å². The van der Waals surface area contributed by atoms with Crippen LogP contribution in [-0.2, 0) is 9.53 Å². The zero-order valence-corrected chi connectivity index (χ0v) is 12.3. The molecule has 0 saturated heterocycles. The van der Waals surface area contributed by atoms with Crippen LogP contribution in [0.5, 0.6) is 0 Å². The van der Waals surface area contributed by atoms with Gasteiger partial charge in [-0.1, -0.05) is 67.9 Å². The number of ether oxygens (including phenoxy) is 1. The van der Waals surface area contributed by atoms with Gasteiger partial charge in [0.2, 0.25) is 0 Å². The van der Waals surface area contributed by atoms with Gasteiger partial charge in [-0.25, -0.2) is 0 Å². The van der Waals surface area contributed by atoms with Crippen LogP contribution in [0.25, 0.3) is 0 Å². The summed E-state index contributed by atoms with van der Waals surface area (Å²) in [4.78, 5) is 11.4. The lowest BCUT2D eigenvalue weighted by Gasteiger charge is -2.14. The summed E-state index contributed by atoms with van der Waals surface area (Å²) in [7, 11) is -1.03. The molecule has 0 aliphatic carbocycles.